The van der Waals surface area contributed by atoms with Crippen LogP contribution in [0.5, 0.6) is 0 Å². The summed E-state index contributed by atoms with van der Waals surface area (Å²) in [4.78, 5) is 38.9. The molecule has 2 aliphatic rings. The first kappa shape index (κ1) is 25.2. The fourth-order valence-electron chi connectivity index (χ4n) is 4.17. The number of hydrogen-bond acceptors (Lipinski definition) is 7. The van der Waals surface area contributed by atoms with Crippen molar-refractivity contribution in [1.29, 1.82) is 0 Å². The number of ether oxygens (including phenoxy) is 2. The van der Waals surface area contributed by atoms with Gasteiger partial charge in [-0.15, -0.1) is 0 Å². The number of sulfonamides is 1. The molecule has 0 bridgehead atoms. The molecule has 0 unspecified atom stereocenters. The van der Waals surface area contributed by atoms with Crippen molar-refractivity contribution in [2.24, 2.45) is 5.92 Å². The molecule has 2 saturated heterocycles. The highest BCUT2D eigenvalue weighted by Gasteiger charge is 2.32. The molecule has 10 heteroatoms. The highest BCUT2D eigenvalue weighted by atomic mass is 32.2. The number of nitrogens with zero attached hydrogens (tertiary/aromatic N) is 2. The number of amides is 1. The summed E-state index contributed by atoms with van der Waals surface area (Å²) in [5.41, 5.74) is 0.0775. The van der Waals surface area contributed by atoms with E-state index in [1.807, 2.05) is 0 Å². The van der Waals surface area contributed by atoms with Gasteiger partial charge in [-0.25, -0.2) is 13.2 Å². The molecule has 1 aromatic carbocycles. The maximum Gasteiger partial charge on any atom is 0.338 e. The molecule has 0 spiro atoms. The van der Waals surface area contributed by atoms with Crippen LogP contribution in [0.25, 0.3) is 0 Å². The fourth-order valence-corrected chi connectivity index (χ4v) is 5.73. The van der Waals surface area contributed by atoms with Gasteiger partial charge in [-0.2, -0.15) is 4.31 Å². The van der Waals surface area contributed by atoms with Crippen molar-refractivity contribution in [3.63, 3.8) is 0 Å². The van der Waals surface area contributed by atoms with E-state index in [1.165, 1.54) is 35.5 Å². The third-order valence-electron chi connectivity index (χ3n) is 6.08. The lowest BCUT2D eigenvalue weighted by Crippen LogP contribution is -2.45. The van der Waals surface area contributed by atoms with E-state index >= 15 is 0 Å². The van der Waals surface area contributed by atoms with E-state index < -0.39 is 22.1 Å². The van der Waals surface area contributed by atoms with Crippen molar-refractivity contribution in [3.8, 4) is 0 Å². The lowest BCUT2D eigenvalue weighted by Gasteiger charge is -2.32. The average Bonchev–Trinajstić information content (AvgIpc) is 2.84. The quantitative estimate of drug-likeness (QED) is 0.550. The van der Waals surface area contributed by atoms with Crippen LogP contribution in [0.3, 0.4) is 0 Å². The summed E-state index contributed by atoms with van der Waals surface area (Å²) >= 11 is 0. The molecule has 0 aromatic heterocycles. The molecule has 0 saturated carbocycles. The maximum absolute atomic E-state index is 12.9. The first-order valence-corrected chi connectivity index (χ1v) is 12.9. The van der Waals surface area contributed by atoms with E-state index in [2.05, 4.69) is 0 Å². The minimum atomic E-state index is -3.68. The molecule has 3 rings (SSSR count). The SMILES string of the molecule is CCOC(=O)C1CCN(C(=O)[C@@H](C)OC(=O)c2cccc(S(=O)(=O)N3CCCCC3)c2)CC1. The van der Waals surface area contributed by atoms with Gasteiger partial charge in [-0.1, -0.05) is 12.5 Å². The number of piperidine rings is 2. The van der Waals surface area contributed by atoms with Gasteiger partial charge in [0.2, 0.25) is 10.0 Å². The van der Waals surface area contributed by atoms with Gasteiger partial charge in [0, 0.05) is 26.2 Å². The lowest BCUT2D eigenvalue weighted by molar-refractivity contribution is -0.152. The largest absolute Gasteiger partial charge is 0.466 e. The molecule has 0 radical (unpaired) electrons. The van der Waals surface area contributed by atoms with E-state index in [9.17, 15) is 22.8 Å². The van der Waals surface area contributed by atoms with Crippen LogP contribution >= 0.6 is 0 Å². The topological polar surface area (TPSA) is 110 Å². The number of likely N-dealkylation sites (tertiary alicyclic amines) is 1. The van der Waals surface area contributed by atoms with Crippen LogP contribution in [0.1, 0.15) is 56.3 Å². The van der Waals surface area contributed by atoms with Crippen LogP contribution in [0.2, 0.25) is 0 Å². The summed E-state index contributed by atoms with van der Waals surface area (Å²) in [5.74, 6) is -1.57. The summed E-state index contributed by atoms with van der Waals surface area (Å²) < 4.78 is 37.6. The van der Waals surface area contributed by atoms with E-state index in [1.54, 1.807) is 11.8 Å². The Labute approximate surface area is 195 Å². The fraction of sp³-hybridized carbons (Fsp3) is 0.609. The maximum atomic E-state index is 12.9. The number of esters is 2. The summed E-state index contributed by atoms with van der Waals surface area (Å²) in [6.07, 6.45) is 2.61. The Kier molecular flexibility index (Phi) is 8.47. The zero-order valence-electron chi connectivity index (χ0n) is 19.2. The second-order valence-electron chi connectivity index (χ2n) is 8.39. The molecule has 1 aromatic rings. The van der Waals surface area contributed by atoms with Crippen LogP contribution in [0.15, 0.2) is 29.2 Å². The third kappa shape index (κ3) is 6.11. The van der Waals surface area contributed by atoms with E-state index in [0.717, 1.165) is 19.3 Å². The molecule has 2 fully saturated rings. The van der Waals surface area contributed by atoms with Crippen LogP contribution < -0.4 is 0 Å². The Hall–Kier alpha value is -2.46. The van der Waals surface area contributed by atoms with Gasteiger partial charge >= 0.3 is 11.9 Å². The Morgan fingerprint density at radius 3 is 2.36 bits per heavy atom. The van der Waals surface area contributed by atoms with Crippen molar-refractivity contribution >= 4 is 27.9 Å². The molecular formula is C23H32N2O7S. The standard InChI is InChI=1S/C23H32N2O7S/c1-3-31-22(27)18-10-14-24(15-11-18)21(26)17(2)32-23(28)19-8-7-9-20(16-19)33(29,30)25-12-5-4-6-13-25/h7-9,16-18H,3-6,10-15H2,1-2H3/t17-/m1/s1. The molecule has 0 N–H and O–H groups in total. The van der Waals surface area contributed by atoms with Crippen LogP contribution in [0, 0.1) is 5.92 Å². The molecule has 0 aliphatic carbocycles. The first-order chi connectivity index (χ1) is 15.7. The van der Waals surface area contributed by atoms with Gasteiger partial charge in [0.1, 0.15) is 0 Å². The Bertz CT molecular complexity index is 965. The Morgan fingerprint density at radius 2 is 1.73 bits per heavy atom. The second kappa shape index (κ2) is 11.1. The van der Waals surface area contributed by atoms with Gasteiger partial charge in [-0.3, -0.25) is 9.59 Å². The Morgan fingerprint density at radius 1 is 1.06 bits per heavy atom. The van der Waals surface area contributed by atoms with Crippen LogP contribution in [0.4, 0.5) is 0 Å². The highest BCUT2D eigenvalue weighted by molar-refractivity contribution is 7.89. The highest BCUT2D eigenvalue weighted by Crippen LogP contribution is 2.23. The van der Waals surface area contributed by atoms with Crippen LogP contribution in [-0.4, -0.2) is 74.4 Å². The number of carbonyl (C=O) groups excluding carboxylic acids is 3. The van der Waals surface area contributed by atoms with E-state index in [-0.39, 0.29) is 28.3 Å². The average molecular weight is 481 g/mol. The summed E-state index contributed by atoms with van der Waals surface area (Å²) in [6, 6.07) is 5.73. The molecule has 2 aliphatic heterocycles. The van der Waals surface area contributed by atoms with Crippen LogP contribution in [-0.2, 0) is 29.1 Å². The van der Waals surface area contributed by atoms with Gasteiger partial charge in [0.25, 0.3) is 5.91 Å². The summed E-state index contributed by atoms with van der Waals surface area (Å²) in [6.45, 7) is 5.27. The summed E-state index contributed by atoms with van der Waals surface area (Å²) in [5, 5.41) is 0. The second-order valence-corrected chi connectivity index (χ2v) is 10.3. The molecule has 1 atom stereocenters. The first-order valence-electron chi connectivity index (χ1n) is 11.5. The predicted molar refractivity (Wildman–Crippen MR) is 120 cm³/mol. The molecule has 2 heterocycles. The molecular weight excluding hydrogens is 448 g/mol. The van der Waals surface area contributed by atoms with Gasteiger partial charge in [0.15, 0.2) is 6.10 Å². The number of carbonyl (C=O) groups is 3. The third-order valence-corrected chi connectivity index (χ3v) is 7.98. The summed E-state index contributed by atoms with van der Waals surface area (Å²) in [7, 11) is -3.68. The van der Waals surface area contributed by atoms with Gasteiger partial charge in [0.05, 0.1) is 23.0 Å². The van der Waals surface area contributed by atoms with Crippen molar-refractivity contribution in [3.05, 3.63) is 29.8 Å². The minimum Gasteiger partial charge on any atom is -0.466 e. The number of rotatable bonds is 7. The number of benzene rings is 1. The van der Waals surface area contributed by atoms with Gasteiger partial charge in [-0.05, 0) is 57.7 Å². The molecule has 182 valence electrons. The normalized spacial score (nSPS) is 19.0. The zero-order chi connectivity index (χ0) is 24.0. The van der Waals surface area contributed by atoms with Crippen molar-refractivity contribution < 1.29 is 32.3 Å². The molecule has 33 heavy (non-hydrogen) atoms. The predicted octanol–water partition coefficient (Wildman–Crippen LogP) is 2.21. The lowest BCUT2D eigenvalue weighted by atomic mass is 9.97. The molecule has 9 nitrogen and oxygen atoms in total. The monoisotopic (exact) mass is 480 g/mol. The Balaban J connectivity index is 1.59. The minimum absolute atomic E-state index is 0.0406. The zero-order valence-corrected chi connectivity index (χ0v) is 20.0. The number of hydrogen-bond donors (Lipinski definition) is 0. The van der Waals surface area contributed by atoms with Crippen molar-refractivity contribution in [2.45, 2.75) is 57.0 Å². The van der Waals surface area contributed by atoms with Crippen molar-refractivity contribution in [1.82, 2.24) is 9.21 Å². The van der Waals surface area contributed by atoms with Crippen molar-refractivity contribution in [2.75, 3.05) is 32.8 Å². The van der Waals surface area contributed by atoms with E-state index in [0.29, 0.717) is 45.6 Å². The molecule has 1 amide bonds. The van der Waals surface area contributed by atoms with E-state index in [4.69, 9.17) is 9.47 Å². The van der Waals surface area contributed by atoms with Gasteiger partial charge < -0.3 is 14.4 Å². The smallest absolute Gasteiger partial charge is 0.338 e.